The summed E-state index contributed by atoms with van der Waals surface area (Å²) in [5, 5.41) is 27.0. The van der Waals surface area contributed by atoms with Crippen LogP contribution in [0.3, 0.4) is 0 Å². The van der Waals surface area contributed by atoms with Crippen LogP contribution in [0.1, 0.15) is 23.6 Å². The van der Waals surface area contributed by atoms with Crippen LogP contribution in [0.5, 0.6) is 0 Å². The highest BCUT2D eigenvalue weighted by molar-refractivity contribution is 7.99. The molecule has 2 N–H and O–H groups in total. The lowest BCUT2D eigenvalue weighted by molar-refractivity contribution is 1.03. The summed E-state index contributed by atoms with van der Waals surface area (Å²) in [6, 6.07) is 5.95. The molecule has 1 heterocycles. The predicted molar refractivity (Wildman–Crippen MR) is 63.8 cm³/mol. The monoisotopic (exact) mass is 243 g/mol. The molecule has 0 amide bonds. The fourth-order valence-electron chi connectivity index (χ4n) is 1.43. The van der Waals surface area contributed by atoms with Gasteiger partial charge in [-0.05, 0) is 12.0 Å². The fourth-order valence-corrected chi connectivity index (χ4v) is 2.11. The minimum atomic E-state index is 0.115. The number of nitrogens with two attached hydrogens (primary N) is 1. The summed E-state index contributed by atoms with van der Waals surface area (Å²) < 4.78 is 0. The Labute approximate surface area is 103 Å². The second kappa shape index (κ2) is 5.75. The van der Waals surface area contributed by atoms with Gasteiger partial charge in [0.05, 0.1) is 22.9 Å². The number of nitriles is 3. The van der Waals surface area contributed by atoms with E-state index in [-0.39, 0.29) is 17.1 Å². The predicted octanol–water partition coefficient (Wildman–Crippen LogP) is 1.59. The lowest BCUT2D eigenvalue weighted by atomic mass is 10.0. The van der Waals surface area contributed by atoms with Crippen molar-refractivity contribution in [3.8, 4) is 18.2 Å². The molecule has 0 aliphatic carbocycles. The van der Waals surface area contributed by atoms with Crippen LogP contribution in [0.15, 0.2) is 5.03 Å². The number of pyridine rings is 1. The van der Waals surface area contributed by atoms with Gasteiger partial charge in [-0.1, -0.05) is 18.7 Å². The zero-order valence-electron chi connectivity index (χ0n) is 9.19. The minimum absolute atomic E-state index is 0.115. The molecule has 1 aromatic rings. The molecule has 0 fully saturated rings. The van der Waals surface area contributed by atoms with Crippen molar-refractivity contribution >= 4 is 17.6 Å². The van der Waals surface area contributed by atoms with Gasteiger partial charge in [-0.3, -0.25) is 0 Å². The van der Waals surface area contributed by atoms with Gasteiger partial charge in [0.1, 0.15) is 23.0 Å². The second-order valence-corrected chi connectivity index (χ2v) is 4.02. The molecule has 84 valence electrons. The highest BCUT2D eigenvalue weighted by atomic mass is 32.2. The average Bonchev–Trinajstić information content (AvgIpc) is 2.35. The molecule has 6 heteroatoms. The summed E-state index contributed by atoms with van der Waals surface area (Å²) >= 11 is 1.15. The van der Waals surface area contributed by atoms with E-state index in [0.717, 1.165) is 11.8 Å². The smallest absolute Gasteiger partial charge is 0.143 e. The maximum Gasteiger partial charge on any atom is 0.143 e. The molecule has 0 aliphatic rings. The van der Waals surface area contributed by atoms with E-state index in [1.165, 1.54) is 0 Å². The third-order valence-corrected chi connectivity index (χ3v) is 2.99. The van der Waals surface area contributed by atoms with Crippen molar-refractivity contribution in [3.05, 3.63) is 16.7 Å². The van der Waals surface area contributed by atoms with Crippen LogP contribution in [0.4, 0.5) is 5.82 Å². The summed E-state index contributed by atoms with van der Waals surface area (Å²) in [7, 11) is 0. The van der Waals surface area contributed by atoms with Crippen LogP contribution >= 0.6 is 11.8 Å². The standard InChI is InChI=1S/C11H9N5S/c1-2-7-8(5-13)10(15)16-11(9(7)6-14)17-4-3-12/h2,4H2,1H3,(H2,15,16). The molecule has 0 aromatic carbocycles. The molecular formula is C11H9N5S. The van der Waals surface area contributed by atoms with Gasteiger partial charge in [-0.2, -0.15) is 15.8 Å². The molecule has 0 bridgehead atoms. The van der Waals surface area contributed by atoms with Crippen molar-refractivity contribution in [1.82, 2.24) is 4.98 Å². The normalized spacial score (nSPS) is 9.06. The largest absolute Gasteiger partial charge is 0.383 e. The Hall–Kier alpha value is -2.23. The van der Waals surface area contributed by atoms with Gasteiger partial charge in [0.25, 0.3) is 0 Å². The number of anilines is 1. The number of hydrogen-bond acceptors (Lipinski definition) is 6. The number of nitrogen functional groups attached to an aromatic ring is 1. The van der Waals surface area contributed by atoms with E-state index in [1.807, 2.05) is 25.1 Å². The zero-order valence-corrected chi connectivity index (χ0v) is 10.0. The SMILES string of the molecule is CCc1c(C#N)c(N)nc(SCC#N)c1C#N. The first kappa shape index (κ1) is 12.8. The van der Waals surface area contributed by atoms with Crippen molar-refractivity contribution in [2.45, 2.75) is 18.4 Å². The average molecular weight is 243 g/mol. The maximum absolute atomic E-state index is 9.10. The molecule has 0 radical (unpaired) electrons. The second-order valence-electron chi connectivity index (χ2n) is 3.05. The van der Waals surface area contributed by atoms with E-state index in [0.29, 0.717) is 22.6 Å². The Kier molecular flexibility index (Phi) is 4.34. The Morgan fingerprint density at radius 1 is 1.24 bits per heavy atom. The molecule has 0 saturated heterocycles. The van der Waals surface area contributed by atoms with Gasteiger partial charge in [-0.15, -0.1) is 0 Å². The number of hydrogen-bond donors (Lipinski definition) is 1. The molecule has 0 aliphatic heterocycles. The van der Waals surface area contributed by atoms with Crippen LogP contribution < -0.4 is 5.73 Å². The molecular weight excluding hydrogens is 234 g/mol. The van der Waals surface area contributed by atoms with Crippen molar-refractivity contribution in [2.24, 2.45) is 0 Å². The van der Waals surface area contributed by atoms with Crippen molar-refractivity contribution < 1.29 is 0 Å². The van der Waals surface area contributed by atoms with Crippen LogP contribution in [0.25, 0.3) is 0 Å². The highest BCUT2D eigenvalue weighted by Gasteiger charge is 2.17. The van der Waals surface area contributed by atoms with Crippen LogP contribution in [-0.2, 0) is 6.42 Å². The van der Waals surface area contributed by atoms with Gasteiger partial charge >= 0.3 is 0 Å². The van der Waals surface area contributed by atoms with E-state index in [2.05, 4.69) is 4.98 Å². The first-order valence-corrected chi connectivity index (χ1v) is 5.80. The fraction of sp³-hybridized carbons (Fsp3) is 0.273. The van der Waals surface area contributed by atoms with Crippen molar-refractivity contribution in [1.29, 1.82) is 15.8 Å². The van der Waals surface area contributed by atoms with Gasteiger partial charge in [0.15, 0.2) is 0 Å². The Bertz CT molecular complexity index is 559. The van der Waals surface area contributed by atoms with Gasteiger partial charge < -0.3 is 5.73 Å². The molecule has 1 rings (SSSR count). The highest BCUT2D eigenvalue weighted by Crippen LogP contribution is 2.28. The van der Waals surface area contributed by atoms with Crippen LogP contribution in [0.2, 0.25) is 0 Å². The van der Waals surface area contributed by atoms with E-state index >= 15 is 0 Å². The van der Waals surface area contributed by atoms with Crippen molar-refractivity contribution in [3.63, 3.8) is 0 Å². The Balaban J connectivity index is 3.46. The third-order valence-electron chi connectivity index (χ3n) is 2.15. The molecule has 0 saturated carbocycles. The summed E-state index contributed by atoms with van der Waals surface area (Å²) in [6.07, 6.45) is 0.526. The molecule has 5 nitrogen and oxygen atoms in total. The molecule has 0 spiro atoms. The quantitative estimate of drug-likeness (QED) is 0.807. The lowest BCUT2D eigenvalue weighted by Crippen LogP contribution is -2.05. The molecule has 0 unspecified atom stereocenters. The van der Waals surface area contributed by atoms with Gasteiger partial charge in [0.2, 0.25) is 0 Å². The Morgan fingerprint density at radius 2 is 1.88 bits per heavy atom. The van der Waals surface area contributed by atoms with E-state index in [4.69, 9.17) is 21.5 Å². The summed E-state index contributed by atoms with van der Waals surface area (Å²) in [5.74, 6) is 0.305. The zero-order chi connectivity index (χ0) is 12.8. The summed E-state index contributed by atoms with van der Waals surface area (Å²) in [4.78, 5) is 4.01. The number of rotatable bonds is 3. The van der Waals surface area contributed by atoms with E-state index in [1.54, 1.807) is 0 Å². The van der Waals surface area contributed by atoms with E-state index < -0.39 is 0 Å². The first-order chi connectivity index (χ1) is 8.19. The minimum Gasteiger partial charge on any atom is -0.383 e. The number of nitrogens with zero attached hydrogens (tertiary/aromatic N) is 4. The third kappa shape index (κ3) is 2.47. The first-order valence-electron chi connectivity index (χ1n) is 4.81. The van der Waals surface area contributed by atoms with Gasteiger partial charge in [0, 0.05) is 0 Å². The van der Waals surface area contributed by atoms with Crippen molar-refractivity contribution in [2.75, 3.05) is 11.5 Å². The molecule has 17 heavy (non-hydrogen) atoms. The maximum atomic E-state index is 9.10. The number of aromatic nitrogens is 1. The van der Waals surface area contributed by atoms with E-state index in [9.17, 15) is 0 Å². The van der Waals surface area contributed by atoms with Gasteiger partial charge in [-0.25, -0.2) is 4.98 Å². The molecule has 0 atom stereocenters. The Morgan fingerprint density at radius 3 is 2.35 bits per heavy atom. The molecule has 1 aromatic heterocycles. The summed E-state index contributed by atoms with van der Waals surface area (Å²) in [6.45, 7) is 1.84. The lowest BCUT2D eigenvalue weighted by Gasteiger charge is -2.09. The topological polar surface area (TPSA) is 110 Å². The summed E-state index contributed by atoms with van der Waals surface area (Å²) in [5.41, 5.74) is 6.87. The van der Waals surface area contributed by atoms with Crippen LogP contribution in [-0.4, -0.2) is 10.7 Å². The number of thioether (sulfide) groups is 1. The van der Waals surface area contributed by atoms with Crippen LogP contribution in [0, 0.1) is 34.0 Å².